The summed E-state index contributed by atoms with van der Waals surface area (Å²) in [6.07, 6.45) is 3.06. The molecule has 0 saturated heterocycles. The Morgan fingerprint density at radius 2 is 1.65 bits per heavy atom. The molecule has 124 valence electrons. The first-order valence-corrected chi connectivity index (χ1v) is 8.40. The molecule has 1 aromatic carbocycles. The van der Waals surface area contributed by atoms with E-state index < -0.39 is 17.8 Å². The van der Waals surface area contributed by atoms with Crippen LogP contribution >= 0.6 is 0 Å². The largest absolute Gasteiger partial charge is 0.481 e. The molecule has 2 atom stereocenters. The highest BCUT2D eigenvalue weighted by Crippen LogP contribution is 2.37. The summed E-state index contributed by atoms with van der Waals surface area (Å²) in [5.41, 5.74) is 5.61. The van der Waals surface area contributed by atoms with Crippen LogP contribution in [-0.2, 0) is 28.9 Å². The van der Waals surface area contributed by atoms with Crippen LogP contribution in [0.4, 0.5) is 0 Å². The SMILES string of the molecule is C=C1CC(C(=O)O)[C@@H](C(=O)Cc2c(CC)cc(C)cc2CC)C1. The van der Waals surface area contributed by atoms with E-state index in [0.717, 1.165) is 24.0 Å². The van der Waals surface area contributed by atoms with Crippen LogP contribution in [0.25, 0.3) is 0 Å². The van der Waals surface area contributed by atoms with Gasteiger partial charge in [0.25, 0.3) is 0 Å². The number of hydrogen-bond acceptors (Lipinski definition) is 2. The maximum atomic E-state index is 12.8. The van der Waals surface area contributed by atoms with Gasteiger partial charge in [-0.15, -0.1) is 0 Å². The summed E-state index contributed by atoms with van der Waals surface area (Å²) in [7, 11) is 0. The van der Waals surface area contributed by atoms with Crippen LogP contribution in [0.3, 0.4) is 0 Å². The highest BCUT2D eigenvalue weighted by molar-refractivity contribution is 5.89. The molecule has 1 fully saturated rings. The fourth-order valence-electron chi connectivity index (χ4n) is 3.72. The first kappa shape index (κ1) is 17.5. The Morgan fingerprint density at radius 3 is 2.13 bits per heavy atom. The summed E-state index contributed by atoms with van der Waals surface area (Å²) < 4.78 is 0. The van der Waals surface area contributed by atoms with E-state index in [1.54, 1.807) is 0 Å². The number of carbonyl (C=O) groups is 2. The molecule has 23 heavy (non-hydrogen) atoms. The van der Waals surface area contributed by atoms with Crippen LogP contribution in [-0.4, -0.2) is 16.9 Å². The number of carbonyl (C=O) groups excluding carboxylic acids is 1. The molecule has 3 heteroatoms. The molecule has 0 aliphatic heterocycles. The molecule has 1 N–H and O–H groups in total. The number of aliphatic carboxylic acids is 1. The van der Waals surface area contributed by atoms with Gasteiger partial charge in [0.05, 0.1) is 5.92 Å². The highest BCUT2D eigenvalue weighted by atomic mass is 16.4. The quantitative estimate of drug-likeness (QED) is 0.810. The van der Waals surface area contributed by atoms with Crippen LogP contribution < -0.4 is 0 Å². The van der Waals surface area contributed by atoms with Gasteiger partial charge in [-0.3, -0.25) is 9.59 Å². The third kappa shape index (κ3) is 3.72. The fourth-order valence-corrected chi connectivity index (χ4v) is 3.72. The van der Waals surface area contributed by atoms with Gasteiger partial charge in [0.2, 0.25) is 0 Å². The van der Waals surface area contributed by atoms with Crippen molar-refractivity contribution >= 4 is 11.8 Å². The van der Waals surface area contributed by atoms with Crippen LogP contribution in [0.5, 0.6) is 0 Å². The highest BCUT2D eigenvalue weighted by Gasteiger charge is 2.39. The van der Waals surface area contributed by atoms with Crippen LogP contribution in [0, 0.1) is 18.8 Å². The van der Waals surface area contributed by atoms with Gasteiger partial charge in [-0.05, 0) is 49.3 Å². The normalized spacial score (nSPS) is 20.7. The zero-order chi connectivity index (χ0) is 17.1. The minimum Gasteiger partial charge on any atom is -0.481 e. The molecular weight excluding hydrogens is 288 g/mol. The first-order valence-electron chi connectivity index (χ1n) is 8.40. The lowest BCUT2D eigenvalue weighted by Gasteiger charge is -2.18. The van der Waals surface area contributed by atoms with Crippen molar-refractivity contribution in [2.45, 2.75) is 52.9 Å². The monoisotopic (exact) mass is 314 g/mol. The molecule has 1 unspecified atom stereocenters. The van der Waals surface area contributed by atoms with E-state index in [-0.39, 0.29) is 5.78 Å². The minimum atomic E-state index is -0.877. The maximum absolute atomic E-state index is 12.8. The standard InChI is InChI=1S/C20H26O3/c1-5-14-7-12(3)8-15(6-2)16(14)11-19(21)17-9-13(4)10-18(17)20(22)23/h7-8,17-18H,4-6,9-11H2,1-3H3,(H,22,23)/t17-,18?/m0/s1. The topological polar surface area (TPSA) is 54.4 Å². The van der Waals surface area contributed by atoms with E-state index >= 15 is 0 Å². The van der Waals surface area contributed by atoms with Crippen molar-refractivity contribution in [2.24, 2.45) is 11.8 Å². The third-order valence-electron chi connectivity index (χ3n) is 4.93. The molecule has 1 aromatic rings. The lowest BCUT2D eigenvalue weighted by Crippen LogP contribution is -2.27. The Labute approximate surface area is 138 Å². The van der Waals surface area contributed by atoms with E-state index in [0.29, 0.717) is 19.3 Å². The number of benzene rings is 1. The molecular formula is C20H26O3. The molecule has 0 amide bonds. The molecule has 1 aliphatic carbocycles. The van der Waals surface area contributed by atoms with Gasteiger partial charge in [-0.2, -0.15) is 0 Å². The van der Waals surface area contributed by atoms with E-state index in [1.165, 1.54) is 16.7 Å². The first-order chi connectivity index (χ1) is 10.9. The Bertz CT molecular complexity index is 617. The second-order valence-corrected chi connectivity index (χ2v) is 6.62. The van der Waals surface area contributed by atoms with Gasteiger partial charge in [-0.25, -0.2) is 0 Å². The Balaban J connectivity index is 2.30. The van der Waals surface area contributed by atoms with Crippen molar-refractivity contribution in [3.05, 3.63) is 46.5 Å². The second-order valence-electron chi connectivity index (χ2n) is 6.62. The molecule has 2 rings (SSSR count). The summed E-state index contributed by atoms with van der Waals surface area (Å²) in [6, 6.07) is 4.29. The average molecular weight is 314 g/mol. The Kier molecular flexibility index (Phi) is 5.40. The predicted molar refractivity (Wildman–Crippen MR) is 91.6 cm³/mol. The van der Waals surface area contributed by atoms with Gasteiger partial charge in [-0.1, -0.05) is 43.7 Å². The minimum absolute atomic E-state index is 0.0457. The molecule has 3 nitrogen and oxygen atoms in total. The maximum Gasteiger partial charge on any atom is 0.307 e. The van der Waals surface area contributed by atoms with Crippen molar-refractivity contribution in [1.29, 1.82) is 0 Å². The molecule has 0 radical (unpaired) electrons. The molecule has 1 saturated carbocycles. The number of hydrogen-bond donors (Lipinski definition) is 1. The van der Waals surface area contributed by atoms with Crippen molar-refractivity contribution in [2.75, 3.05) is 0 Å². The summed E-state index contributed by atoms with van der Waals surface area (Å²) in [5.74, 6) is -1.85. The van der Waals surface area contributed by atoms with Gasteiger partial charge in [0.15, 0.2) is 0 Å². The molecule has 0 heterocycles. The summed E-state index contributed by atoms with van der Waals surface area (Å²) >= 11 is 0. The lowest BCUT2D eigenvalue weighted by atomic mass is 9.85. The Morgan fingerprint density at radius 1 is 1.13 bits per heavy atom. The summed E-state index contributed by atoms with van der Waals surface area (Å²) in [6.45, 7) is 10.2. The van der Waals surface area contributed by atoms with Crippen LogP contribution in [0.1, 0.15) is 48.9 Å². The van der Waals surface area contributed by atoms with Crippen LogP contribution in [0.15, 0.2) is 24.3 Å². The van der Waals surface area contributed by atoms with Gasteiger partial charge >= 0.3 is 5.97 Å². The Hall–Kier alpha value is -1.90. The zero-order valence-electron chi connectivity index (χ0n) is 14.3. The van der Waals surface area contributed by atoms with E-state index in [4.69, 9.17) is 0 Å². The van der Waals surface area contributed by atoms with Gasteiger partial charge < -0.3 is 5.11 Å². The number of carboxylic acid groups (broad SMARTS) is 1. The molecule has 0 bridgehead atoms. The van der Waals surface area contributed by atoms with Crippen molar-refractivity contribution in [3.63, 3.8) is 0 Å². The third-order valence-corrected chi connectivity index (χ3v) is 4.93. The van der Waals surface area contributed by atoms with Crippen molar-refractivity contribution in [3.8, 4) is 0 Å². The summed E-state index contributed by atoms with van der Waals surface area (Å²) in [5, 5.41) is 9.36. The van der Waals surface area contributed by atoms with Crippen molar-refractivity contribution < 1.29 is 14.7 Å². The number of ketones is 1. The smallest absolute Gasteiger partial charge is 0.307 e. The number of allylic oxidation sites excluding steroid dienone is 1. The van der Waals surface area contributed by atoms with E-state index in [1.807, 2.05) is 0 Å². The van der Waals surface area contributed by atoms with E-state index in [2.05, 4.69) is 39.5 Å². The van der Waals surface area contributed by atoms with Gasteiger partial charge in [0, 0.05) is 12.3 Å². The van der Waals surface area contributed by atoms with Crippen LogP contribution in [0.2, 0.25) is 0 Å². The van der Waals surface area contributed by atoms with E-state index in [9.17, 15) is 14.7 Å². The average Bonchev–Trinajstić information content (AvgIpc) is 2.90. The summed E-state index contributed by atoms with van der Waals surface area (Å²) in [4.78, 5) is 24.2. The molecule has 1 aliphatic rings. The fraction of sp³-hybridized carbons (Fsp3) is 0.500. The van der Waals surface area contributed by atoms with Gasteiger partial charge in [0.1, 0.15) is 5.78 Å². The number of Topliss-reactive ketones (excluding diaryl/α,β-unsaturated/α-hetero) is 1. The predicted octanol–water partition coefficient (Wildman–Crippen LogP) is 3.90. The molecule has 0 aromatic heterocycles. The number of rotatable bonds is 6. The number of aryl methyl sites for hydroxylation is 3. The zero-order valence-corrected chi connectivity index (χ0v) is 14.3. The number of carboxylic acids is 1. The second kappa shape index (κ2) is 7.12. The molecule has 0 spiro atoms. The lowest BCUT2D eigenvalue weighted by molar-refractivity contribution is -0.145. The van der Waals surface area contributed by atoms with Crippen molar-refractivity contribution in [1.82, 2.24) is 0 Å².